The van der Waals surface area contributed by atoms with Crippen LogP contribution in [0.2, 0.25) is 0 Å². The first-order chi connectivity index (χ1) is 16.5. The standard InChI is InChI=1S/C26H25FN4O3/c1-16(2)33-19-12-18(24-29-22-6-5-9-28-25(22)30-24)13-20(15-19)34-23-8-7-17(14-21(23)27)26(32)31-10-3-4-11-31/h5-9,12-16H,3-4,10-11H2,1-2H3,(H,28,29,30). The molecule has 1 fully saturated rings. The third-order valence-electron chi connectivity index (χ3n) is 5.58. The monoisotopic (exact) mass is 460 g/mol. The molecule has 2 aromatic heterocycles. The smallest absolute Gasteiger partial charge is 0.253 e. The van der Waals surface area contributed by atoms with Gasteiger partial charge in [0.15, 0.2) is 17.2 Å². The molecule has 1 amide bonds. The number of benzene rings is 2. The second kappa shape index (κ2) is 9.13. The van der Waals surface area contributed by atoms with E-state index in [9.17, 15) is 9.18 Å². The van der Waals surface area contributed by atoms with Crippen LogP contribution in [0.4, 0.5) is 4.39 Å². The zero-order valence-electron chi connectivity index (χ0n) is 19.0. The lowest BCUT2D eigenvalue weighted by atomic mass is 10.1. The van der Waals surface area contributed by atoms with Gasteiger partial charge in [-0.3, -0.25) is 4.79 Å². The van der Waals surface area contributed by atoms with Gasteiger partial charge in [0.25, 0.3) is 5.91 Å². The van der Waals surface area contributed by atoms with Gasteiger partial charge in [0.2, 0.25) is 0 Å². The van der Waals surface area contributed by atoms with Crippen molar-refractivity contribution in [2.75, 3.05) is 13.1 Å². The van der Waals surface area contributed by atoms with Gasteiger partial charge in [-0.1, -0.05) is 0 Å². The maximum atomic E-state index is 14.9. The largest absolute Gasteiger partial charge is 0.491 e. The zero-order chi connectivity index (χ0) is 23.7. The van der Waals surface area contributed by atoms with E-state index < -0.39 is 5.82 Å². The maximum Gasteiger partial charge on any atom is 0.253 e. The molecule has 0 saturated carbocycles. The number of likely N-dealkylation sites (tertiary alicyclic amines) is 1. The predicted octanol–water partition coefficient (Wildman–Crippen LogP) is 5.58. The number of amides is 1. The quantitative estimate of drug-likeness (QED) is 0.406. The van der Waals surface area contributed by atoms with Crippen LogP contribution in [-0.2, 0) is 0 Å². The van der Waals surface area contributed by atoms with Crippen molar-refractivity contribution >= 4 is 17.1 Å². The second-order valence-electron chi connectivity index (χ2n) is 8.57. The Balaban J connectivity index is 1.45. The first-order valence-corrected chi connectivity index (χ1v) is 11.4. The van der Waals surface area contributed by atoms with E-state index >= 15 is 0 Å². The van der Waals surface area contributed by atoms with Crippen LogP contribution in [0, 0.1) is 5.82 Å². The Kier molecular flexibility index (Phi) is 5.88. The number of pyridine rings is 1. The summed E-state index contributed by atoms with van der Waals surface area (Å²) in [5.41, 5.74) is 2.44. The molecule has 1 aliphatic heterocycles. The number of carbonyl (C=O) groups excluding carboxylic acids is 1. The van der Waals surface area contributed by atoms with Gasteiger partial charge in [-0.05, 0) is 69.2 Å². The van der Waals surface area contributed by atoms with Gasteiger partial charge >= 0.3 is 0 Å². The van der Waals surface area contributed by atoms with Crippen LogP contribution in [-0.4, -0.2) is 45.0 Å². The molecule has 4 aromatic rings. The van der Waals surface area contributed by atoms with Crippen molar-refractivity contribution < 1.29 is 18.7 Å². The molecular formula is C26H25FN4O3. The SMILES string of the molecule is CC(C)Oc1cc(Oc2ccc(C(=O)N3CCCC3)cc2F)cc(-c2nc3ncccc3[nH]2)c1. The molecule has 1 saturated heterocycles. The summed E-state index contributed by atoms with van der Waals surface area (Å²) in [7, 11) is 0. The summed E-state index contributed by atoms with van der Waals surface area (Å²) >= 11 is 0. The average Bonchev–Trinajstić information content (AvgIpc) is 3.49. The molecule has 1 aliphatic rings. The fraction of sp³-hybridized carbons (Fsp3) is 0.269. The summed E-state index contributed by atoms with van der Waals surface area (Å²) in [6.45, 7) is 5.27. The number of halogens is 1. The molecule has 34 heavy (non-hydrogen) atoms. The van der Waals surface area contributed by atoms with Crippen LogP contribution < -0.4 is 9.47 Å². The van der Waals surface area contributed by atoms with Crippen LogP contribution in [0.1, 0.15) is 37.0 Å². The summed E-state index contributed by atoms with van der Waals surface area (Å²) in [4.78, 5) is 26.4. The minimum absolute atomic E-state index is 0.0249. The maximum absolute atomic E-state index is 14.9. The highest BCUT2D eigenvalue weighted by molar-refractivity contribution is 5.94. The van der Waals surface area contributed by atoms with Gasteiger partial charge in [0, 0.05) is 36.5 Å². The Morgan fingerprint density at radius 3 is 2.62 bits per heavy atom. The Hall–Kier alpha value is -3.94. The molecule has 0 radical (unpaired) electrons. The van der Waals surface area contributed by atoms with Crippen molar-refractivity contribution in [3.63, 3.8) is 0 Å². The van der Waals surface area contributed by atoms with Gasteiger partial charge in [0.05, 0.1) is 11.6 Å². The highest BCUT2D eigenvalue weighted by Crippen LogP contribution is 2.34. The summed E-state index contributed by atoms with van der Waals surface area (Å²) in [5, 5.41) is 0. The minimum atomic E-state index is -0.602. The molecule has 2 aromatic carbocycles. The van der Waals surface area contributed by atoms with Gasteiger partial charge < -0.3 is 19.4 Å². The van der Waals surface area contributed by atoms with Gasteiger partial charge in [-0.15, -0.1) is 0 Å². The Bertz CT molecular complexity index is 1310. The van der Waals surface area contributed by atoms with Crippen LogP contribution in [0.3, 0.4) is 0 Å². The molecule has 8 heteroatoms. The third kappa shape index (κ3) is 4.57. The van der Waals surface area contributed by atoms with Crippen LogP contribution in [0.25, 0.3) is 22.6 Å². The van der Waals surface area contributed by atoms with E-state index in [2.05, 4.69) is 15.0 Å². The zero-order valence-corrected chi connectivity index (χ0v) is 19.0. The minimum Gasteiger partial charge on any atom is -0.491 e. The Morgan fingerprint density at radius 1 is 1.09 bits per heavy atom. The lowest BCUT2D eigenvalue weighted by molar-refractivity contribution is 0.0792. The first-order valence-electron chi connectivity index (χ1n) is 11.4. The summed E-state index contributed by atoms with van der Waals surface area (Å²) in [6.07, 6.45) is 3.58. The molecule has 3 heterocycles. The van der Waals surface area contributed by atoms with Crippen molar-refractivity contribution in [3.8, 4) is 28.6 Å². The van der Waals surface area contributed by atoms with E-state index in [0.29, 0.717) is 47.2 Å². The normalized spacial score (nSPS) is 13.6. The van der Waals surface area contributed by atoms with E-state index in [4.69, 9.17) is 9.47 Å². The number of fused-ring (bicyclic) bond motifs is 1. The molecule has 7 nitrogen and oxygen atoms in total. The number of hydrogen-bond donors (Lipinski definition) is 1. The molecule has 0 spiro atoms. The number of rotatable bonds is 6. The van der Waals surface area contributed by atoms with Crippen molar-refractivity contribution in [1.29, 1.82) is 0 Å². The highest BCUT2D eigenvalue weighted by atomic mass is 19.1. The van der Waals surface area contributed by atoms with E-state index in [1.165, 1.54) is 12.1 Å². The lowest BCUT2D eigenvalue weighted by Crippen LogP contribution is -2.27. The fourth-order valence-corrected chi connectivity index (χ4v) is 4.04. The summed E-state index contributed by atoms with van der Waals surface area (Å²) in [5.74, 6) is 0.818. The fourth-order valence-electron chi connectivity index (χ4n) is 4.04. The molecular weight excluding hydrogens is 435 g/mol. The van der Waals surface area contributed by atoms with Crippen LogP contribution >= 0.6 is 0 Å². The summed E-state index contributed by atoms with van der Waals surface area (Å²) < 4.78 is 26.7. The number of carbonyl (C=O) groups is 1. The Labute approximate surface area is 196 Å². The number of H-pyrrole nitrogens is 1. The number of hydrogen-bond acceptors (Lipinski definition) is 5. The number of nitrogens with zero attached hydrogens (tertiary/aromatic N) is 3. The lowest BCUT2D eigenvalue weighted by Gasteiger charge is -2.16. The van der Waals surface area contributed by atoms with E-state index in [1.807, 2.05) is 32.0 Å². The molecule has 0 bridgehead atoms. The van der Waals surface area contributed by atoms with Gasteiger partial charge in [-0.2, -0.15) is 0 Å². The van der Waals surface area contributed by atoms with Gasteiger partial charge in [-0.25, -0.2) is 14.4 Å². The van der Waals surface area contributed by atoms with Crippen molar-refractivity contribution in [2.24, 2.45) is 0 Å². The third-order valence-corrected chi connectivity index (χ3v) is 5.58. The molecule has 0 atom stereocenters. The second-order valence-corrected chi connectivity index (χ2v) is 8.57. The highest BCUT2D eigenvalue weighted by Gasteiger charge is 2.21. The molecule has 0 aliphatic carbocycles. The predicted molar refractivity (Wildman–Crippen MR) is 127 cm³/mol. The molecule has 174 valence electrons. The molecule has 0 unspecified atom stereocenters. The number of imidazole rings is 1. The van der Waals surface area contributed by atoms with Crippen LogP contribution in [0.15, 0.2) is 54.7 Å². The van der Waals surface area contributed by atoms with E-state index in [1.54, 1.807) is 29.3 Å². The van der Waals surface area contributed by atoms with Crippen molar-refractivity contribution in [1.82, 2.24) is 19.9 Å². The molecule has 1 N–H and O–H groups in total. The van der Waals surface area contributed by atoms with E-state index in [0.717, 1.165) is 18.4 Å². The van der Waals surface area contributed by atoms with Crippen molar-refractivity contribution in [2.45, 2.75) is 32.8 Å². The number of aromatic amines is 1. The summed E-state index contributed by atoms with van der Waals surface area (Å²) in [6, 6.07) is 13.3. The number of aromatic nitrogens is 3. The van der Waals surface area contributed by atoms with Gasteiger partial charge in [0.1, 0.15) is 17.3 Å². The van der Waals surface area contributed by atoms with Crippen LogP contribution in [0.5, 0.6) is 17.2 Å². The van der Waals surface area contributed by atoms with E-state index in [-0.39, 0.29) is 17.8 Å². The average molecular weight is 461 g/mol. The number of ether oxygens (including phenoxy) is 2. The topological polar surface area (TPSA) is 80.3 Å². The Morgan fingerprint density at radius 2 is 1.88 bits per heavy atom. The first kappa shape index (κ1) is 21.9. The molecule has 5 rings (SSSR count). The number of nitrogens with one attached hydrogen (secondary N) is 1. The van der Waals surface area contributed by atoms with Crippen molar-refractivity contribution in [3.05, 3.63) is 66.1 Å².